The summed E-state index contributed by atoms with van der Waals surface area (Å²) in [5.41, 5.74) is 5.95. The van der Waals surface area contributed by atoms with Crippen LogP contribution in [0.2, 0.25) is 0 Å². The molecule has 1 aliphatic rings. The van der Waals surface area contributed by atoms with Gasteiger partial charge in [-0.1, -0.05) is 18.2 Å². The molecule has 1 aromatic carbocycles. The van der Waals surface area contributed by atoms with Gasteiger partial charge in [-0.3, -0.25) is 9.78 Å². The van der Waals surface area contributed by atoms with E-state index in [0.717, 1.165) is 43.4 Å². The minimum atomic E-state index is -0.349. The van der Waals surface area contributed by atoms with Crippen LogP contribution in [0.25, 0.3) is 27.0 Å². The number of thiazole rings is 1. The lowest BCUT2D eigenvalue weighted by molar-refractivity contribution is 0.0692. The Balaban J connectivity index is 1.30. The zero-order valence-corrected chi connectivity index (χ0v) is 19.3. The molecule has 7 rings (SSSR count). The van der Waals surface area contributed by atoms with Gasteiger partial charge in [0.1, 0.15) is 11.0 Å². The molecule has 0 spiro atoms. The molecule has 0 fully saturated rings. The zero-order valence-electron chi connectivity index (χ0n) is 18.5. The van der Waals surface area contributed by atoms with Crippen LogP contribution in [0.5, 0.6) is 0 Å². The summed E-state index contributed by atoms with van der Waals surface area (Å²) in [6.07, 6.45) is 7.73. The molecule has 6 heterocycles. The van der Waals surface area contributed by atoms with Gasteiger partial charge in [-0.15, -0.1) is 11.3 Å². The fourth-order valence-corrected chi connectivity index (χ4v) is 5.83. The van der Waals surface area contributed by atoms with Crippen molar-refractivity contribution in [3.05, 3.63) is 101 Å². The molecule has 9 heteroatoms. The molecule has 6 aromatic rings. The first-order chi connectivity index (χ1) is 17.3. The molecule has 5 aromatic heterocycles. The average Bonchev–Trinajstić information content (AvgIpc) is 3.65. The van der Waals surface area contributed by atoms with E-state index in [1.165, 1.54) is 0 Å². The van der Waals surface area contributed by atoms with E-state index in [9.17, 15) is 4.79 Å². The summed E-state index contributed by atoms with van der Waals surface area (Å²) in [6, 6.07) is 17.4. The van der Waals surface area contributed by atoms with Crippen molar-refractivity contribution < 1.29 is 4.79 Å². The lowest BCUT2D eigenvalue weighted by Gasteiger charge is -2.33. The van der Waals surface area contributed by atoms with Crippen molar-refractivity contribution in [3.63, 3.8) is 0 Å². The Hall–Kier alpha value is -4.37. The van der Waals surface area contributed by atoms with Gasteiger partial charge in [0.15, 0.2) is 0 Å². The maximum Gasteiger partial charge on any atom is 0.258 e. The number of nitrogens with one attached hydrogen (secondary N) is 1. The van der Waals surface area contributed by atoms with Gasteiger partial charge in [-0.05, 0) is 36.4 Å². The molecule has 0 saturated heterocycles. The first-order valence-electron chi connectivity index (χ1n) is 11.3. The molecular weight excluding hydrogens is 458 g/mol. The van der Waals surface area contributed by atoms with Gasteiger partial charge in [0.2, 0.25) is 0 Å². The second-order valence-corrected chi connectivity index (χ2v) is 9.52. The van der Waals surface area contributed by atoms with Crippen LogP contribution >= 0.6 is 11.3 Å². The molecule has 8 nitrogen and oxygen atoms in total. The second kappa shape index (κ2) is 7.85. The van der Waals surface area contributed by atoms with Crippen LogP contribution in [-0.2, 0) is 6.42 Å². The van der Waals surface area contributed by atoms with Crippen molar-refractivity contribution in [2.45, 2.75) is 12.5 Å². The minimum Gasteiger partial charge on any atom is -0.348 e. The van der Waals surface area contributed by atoms with Gasteiger partial charge in [-0.25, -0.2) is 14.5 Å². The third kappa shape index (κ3) is 3.23. The number of benzene rings is 1. The SMILES string of the molecule is O=C(c1cnn2cc(-c3ccccn3)ccc12)N1CCc2[nH]cnc2[C@H]1c1nc2ccccc2s1. The van der Waals surface area contributed by atoms with Crippen molar-refractivity contribution in [2.75, 3.05) is 6.54 Å². The molecule has 0 radical (unpaired) electrons. The van der Waals surface area contributed by atoms with E-state index in [1.54, 1.807) is 34.6 Å². The number of carbonyl (C=O) groups excluding carboxylic acids is 1. The summed E-state index contributed by atoms with van der Waals surface area (Å²) in [7, 11) is 0. The molecule has 170 valence electrons. The van der Waals surface area contributed by atoms with E-state index in [-0.39, 0.29) is 11.9 Å². The van der Waals surface area contributed by atoms with Crippen molar-refractivity contribution in [2.24, 2.45) is 0 Å². The van der Waals surface area contributed by atoms with Crippen LogP contribution in [0.15, 0.2) is 79.5 Å². The van der Waals surface area contributed by atoms with Crippen LogP contribution in [0.4, 0.5) is 0 Å². The van der Waals surface area contributed by atoms with E-state index < -0.39 is 0 Å². The van der Waals surface area contributed by atoms with E-state index in [1.807, 2.05) is 59.6 Å². The van der Waals surface area contributed by atoms with Gasteiger partial charge in [0, 0.05) is 36.6 Å². The molecule has 1 atom stereocenters. The molecule has 0 unspecified atom stereocenters. The number of aromatic nitrogens is 6. The molecule has 35 heavy (non-hydrogen) atoms. The lowest BCUT2D eigenvalue weighted by atomic mass is 10.0. The fourth-order valence-electron chi connectivity index (χ4n) is 4.74. The Labute approximate surface area is 203 Å². The summed E-state index contributed by atoms with van der Waals surface area (Å²) in [5.74, 6) is -0.0801. The van der Waals surface area contributed by atoms with E-state index in [0.29, 0.717) is 18.5 Å². The summed E-state index contributed by atoms with van der Waals surface area (Å²) in [4.78, 5) is 33.0. The normalized spacial score (nSPS) is 15.5. The lowest BCUT2D eigenvalue weighted by Crippen LogP contribution is -2.40. The highest BCUT2D eigenvalue weighted by Gasteiger charge is 2.37. The third-order valence-corrected chi connectivity index (χ3v) is 7.53. The monoisotopic (exact) mass is 477 g/mol. The van der Waals surface area contributed by atoms with Gasteiger partial charge in [0.25, 0.3) is 5.91 Å². The largest absolute Gasteiger partial charge is 0.348 e. The summed E-state index contributed by atoms with van der Waals surface area (Å²) in [6.45, 7) is 0.567. The highest BCUT2D eigenvalue weighted by atomic mass is 32.1. The van der Waals surface area contributed by atoms with Gasteiger partial charge < -0.3 is 9.88 Å². The second-order valence-electron chi connectivity index (χ2n) is 8.46. The van der Waals surface area contributed by atoms with Crippen molar-refractivity contribution >= 4 is 33.0 Å². The highest BCUT2D eigenvalue weighted by Crippen LogP contribution is 2.38. The standard InChI is InChI=1S/C26H19N7OS/c34-26(17-13-30-33-14-16(8-9-21(17)33)18-5-3-4-11-27-18)32-12-10-20-23(29-15-28-20)24(32)25-31-19-6-1-2-7-22(19)35-25/h1-9,11,13-15,24H,10,12H2,(H,28,29)/t24-/m0/s1. The Morgan fingerprint density at radius 3 is 2.86 bits per heavy atom. The zero-order chi connectivity index (χ0) is 23.4. The molecule has 1 N–H and O–H groups in total. The number of carbonyl (C=O) groups is 1. The number of pyridine rings is 2. The van der Waals surface area contributed by atoms with Crippen molar-refractivity contribution in [1.29, 1.82) is 0 Å². The number of hydrogen-bond acceptors (Lipinski definition) is 6. The van der Waals surface area contributed by atoms with E-state index >= 15 is 0 Å². The van der Waals surface area contributed by atoms with Crippen LogP contribution in [0.1, 0.15) is 32.8 Å². The summed E-state index contributed by atoms with van der Waals surface area (Å²) >= 11 is 1.61. The molecular formula is C26H19N7OS. The highest BCUT2D eigenvalue weighted by molar-refractivity contribution is 7.18. The number of rotatable bonds is 3. The first kappa shape index (κ1) is 20.0. The predicted molar refractivity (Wildman–Crippen MR) is 133 cm³/mol. The Kier molecular flexibility index (Phi) is 4.49. The van der Waals surface area contributed by atoms with Crippen LogP contribution in [-0.4, -0.2) is 46.9 Å². The van der Waals surface area contributed by atoms with Crippen molar-refractivity contribution in [1.82, 2.24) is 34.4 Å². The van der Waals surface area contributed by atoms with Gasteiger partial charge >= 0.3 is 0 Å². The number of fused-ring (bicyclic) bond motifs is 3. The quantitative estimate of drug-likeness (QED) is 0.405. The van der Waals surface area contributed by atoms with Crippen LogP contribution in [0.3, 0.4) is 0 Å². The van der Waals surface area contributed by atoms with Crippen LogP contribution < -0.4 is 0 Å². The van der Waals surface area contributed by atoms with Crippen LogP contribution in [0, 0.1) is 0 Å². The number of H-pyrrole nitrogens is 1. The van der Waals surface area contributed by atoms with Gasteiger partial charge in [0.05, 0.1) is 45.2 Å². The van der Waals surface area contributed by atoms with E-state index in [2.05, 4.69) is 26.1 Å². The maximum atomic E-state index is 14.0. The van der Waals surface area contributed by atoms with Gasteiger partial charge in [-0.2, -0.15) is 5.10 Å². The Morgan fingerprint density at radius 2 is 1.97 bits per heavy atom. The fraction of sp³-hybridized carbons (Fsp3) is 0.115. The maximum absolute atomic E-state index is 14.0. The van der Waals surface area contributed by atoms with E-state index in [4.69, 9.17) is 4.98 Å². The number of para-hydroxylation sites is 1. The Morgan fingerprint density at radius 1 is 1.06 bits per heavy atom. The molecule has 1 amide bonds. The number of hydrogen-bond donors (Lipinski definition) is 1. The molecule has 0 saturated carbocycles. The molecule has 0 aliphatic carbocycles. The summed E-state index contributed by atoms with van der Waals surface area (Å²) in [5, 5.41) is 5.36. The number of amides is 1. The predicted octanol–water partition coefficient (Wildman–Crippen LogP) is 4.52. The summed E-state index contributed by atoms with van der Waals surface area (Å²) < 4.78 is 2.84. The molecule has 0 bridgehead atoms. The topological polar surface area (TPSA) is 92.1 Å². The first-order valence-corrected chi connectivity index (χ1v) is 12.2. The number of aromatic amines is 1. The smallest absolute Gasteiger partial charge is 0.258 e. The average molecular weight is 478 g/mol. The molecule has 1 aliphatic heterocycles. The third-order valence-electron chi connectivity index (χ3n) is 6.44. The number of nitrogens with zero attached hydrogens (tertiary/aromatic N) is 6. The number of imidazole rings is 1. The minimum absolute atomic E-state index is 0.0801. The Bertz CT molecular complexity index is 1670. The van der Waals surface area contributed by atoms with Crippen molar-refractivity contribution in [3.8, 4) is 11.3 Å².